The van der Waals surface area contributed by atoms with Gasteiger partial charge in [-0.3, -0.25) is 0 Å². The van der Waals surface area contributed by atoms with Crippen LogP contribution in [0.3, 0.4) is 0 Å². The van der Waals surface area contributed by atoms with Gasteiger partial charge in [-0.2, -0.15) is 0 Å². The summed E-state index contributed by atoms with van der Waals surface area (Å²) in [7, 11) is 4.06. The van der Waals surface area contributed by atoms with Crippen LogP contribution in [-0.4, -0.2) is 24.5 Å². The number of nitrogens with two attached hydrogens (primary N) is 1. The number of benzene rings is 1. The molecule has 0 aliphatic carbocycles. The molecule has 2 unspecified atom stereocenters. The smallest absolute Gasteiger partial charge is 0.0494 e. The van der Waals surface area contributed by atoms with E-state index < -0.39 is 0 Å². The predicted octanol–water partition coefficient (Wildman–Crippen LogP) is 3.72. The van der Waals surface area contributed by atoms with Gasteiger partial charge in [-0.1, -0.05) is 30.1 Å². The van der Waals surface area contributed by atoms with Crippen molar-refractivity contribution in [2.24, 2.45) is 5.73 Å². The summed E-state index contributed by atoms with van der Waals surface area (Å²) in [6.07, 6.45) is 0.935. The minimum atomic E-state index is -0.173. The maximum Gasteiger partial charge on any atom is 0.0494 e. The van der Waals surface area contributed by atoms with Gasteiger partial charge < -0.3 is 10.6 Å². The minimum Gasteiger partial charge on any atom is -0.322 e. The summed E-state index contributed by atoms with van der Waals surface area (Å²) >= 11 is 12.2. The van der Waals surface area contributed by atoms with Gasteiger partial charge in [0.1, 0.15) is 0 Å². The van der Waals surface area contributed by atoms with Crippen LogP contribution < -0.4 is 5.73 Å². The molecular formula is C13H20Cl2N2. The van der Waals surface area contributed by atoms with Crippen LogP contribution in [0, 0.1) is 0 Å². The highest BCUT2D eigenvalue weighted by Crippen LogP contribution is 2.35. The molecule has 17 heavy (non-hydrogen) atoms. The topological polar surface area (TPSA) is 29.3 Å². The first kappa shape index (κ1) is 14.8. The molecule has 0 saturated carbocycles. The lowest BCUT2D eigenvalue weighted by Gasteiger charge is -2.41. The lowest BCUT2D eigenvalue weighted by molar-refractivity contribution is 0.132. The van der Waals surface area contributed by atoms with E-state index in [2.05, 4.69) is 18.7 Å². The van der Waals surface area contributed by atoms with Crippen LogP contribution in [0.25, 0.3) is 0 Å². The van der Waals surface area contributed by atoms with Crippen LogP contribution in [-0.2, 0) is 0 Å². The van der Waals surface area contributed by atoms with Gasteiger partial charge in [-0.25, -0.2) is 0 Å². The van der Waals surface area contributed by atoms with E-state index >= 15 is 0 Å². The molecule has 0 radical (unpaired) electrons. The van der Waals surface area contributed by atoms with E-state index in [4.69, 9.17) is 28.9 Å². The molecule has 0 aromatic heterocycles. The van der Waals surface area contributed by atoms with Crippen LogP contribution in [0.2, 0.25) is 10.0 Å². The summed E-state index contributed by atoms with van der Waals surface area (Å²) in [4.78, 5) is 2.13. The molecule has 0 fully saturated rings. The van der Waals surface area contributed by atoms with Crippen LogP contribution in [0.1, 0.15) is 31.9 Å². The molecule has 4 heteroatoms. The number of likely N-dealkylation sites (N-methyl/N-ethyl adjacent to an activating group) is 1. The molecule has 0 spiro atoms. The van der Waals surface area contributed by atoms with Crippen molar-refractivity contribution in [1.82, 2.24) is 4.90 Å². The maximum absolute atomic E-state index is 6.37. The Hall–Kier alpha value is -0.280. The molecule has 0 aliphatic rings. The second kappa shape index (κ2) is 5.57. The first-order valence-corrected chi connectivity index (χ1v) is 6.46. The first-order chi connectivity index (χ1) is 7.82. The Kier molecular flexibility index (Phi) is 4.85. The molecule has 2 nitrogen and oxygen atoms in total. The van der Waals surface area contributed by atoms with Gasteiger partial charge in [0, 0.05) is 21.6 Å². The van der Waals surface area contributed by atoms with Crippen molar-refractivity contribution in [3.05, 3.63) is 33.8 Å². The van der Waals surface area contributed by atoms with Gasteiger partial charge in [0.25, 0.3) is 0 Å². The van der Waals surface area contributed by atoms with Crippen molar-refractivity contribution < 1.29 is 0 Å². The average molecular weight is 275 g/mol. The molecule has 0 amide bonds. The molecule has 96 valence electrons. The fraction of sp³-hybridized carbons (Fsp3) is 0.538. The third-order valence-electron chi connectivity index (χ3n) is 3.70. The highest BCUT2D eigenvalue weighted by molar-refractivity contribution is 6.33. The SMILES string of the molecule is CCC(C)(C(N)c1cc(Cl)ccc1Cl)N(C)C. The molecular weight excluding hydrogens is 255 g/mol. The second-order valence-electron chi connectivity index (χ2n) is 4.75. The normalized spacial score (nSPS) is 16.9. The van der Waals surface area contributed by atoms with Gasteiger partial charge in [0.15, 0.2) is 0 Å². The van der Waals surface area contributed by atoms with E-state index in [0.717, 1.165) is 12.0 Å². The van der Waals surface area contributed by atoms with Crippen molar-refractivity contribution in [3.63, 3.8) is 0 Å². The quantitative estimate of drug-likeness (QED) is 0.907. The van der Waals surface area contributed by atoms with E-state index in [1.165, 1.54) is 0 Å². The van der Waals surface area contributed by atoms with Crippen molar-refractivity contribution in [2.45, 2.75) is 31.8 Å². The number of hydrogen-bond donors (Lipinski definition) is 1. The minimum absolute atomic E-state index is 0.145. The predicted molar refractivity (Wildman–Crippen MR) is 75.8 cm³/mol. The average Bonchev–Trinajstić information content (AvgIpc) is 2.30. The Labute approximate surface area is 114 Å². The Morgan fingerprint density at radius 3 is 2.41 bits per heavy atom. The van der Waals surface area contributed by atoms with Gasteiger partial charge in [-0.15, -0.1) is 0 Å². The zero-order chi connectivity index (χ0) is 13.2. The van der Waals surface area contributed by atoms with E-state index in [0.29, 0.717) is 10.0 Å². The zero-order valence-corrected chi connectivity index (χ0v) is 12.3. The summed E-state index contributed by atoms with van der Waals surface area (Å²) in [6, 6.07) is 5.25. The summed E-state index contributed by atoms with van der Waals surface area (Å²) in [5, 5.41) is 1.33. The molecule has 1 aromatic carbocycles. The Balaban J connectivity index is 3.18. The van der Waals surface area contributed by atoms with Crippen LogP contribution in [0.4, 0.5) is 0 Å². The van der Waals surface area contributed by atoms with Crippen molar-refractivity contribution in [2.75, 3.05) is 14.1 Å². The monoisotopic (exact) mass is 274 g/mol. The first-order valence-electron chi connectivity index (χ1n) is 5.71. The van der Waals surface area contributed by atoms with Gasteiger partial charge in [0.2, 0.25) is 0 Å². The van der Waals surface area contributed by atoms with Crippen LogP contribution >= 0.6 is 23.2 Å². The standard InChI is InChI=1S/C13H20Cl2N2/c1-5-13(2,17(3)4)12(16)10-8-9(14)6-7-11(10)15/h6-8,12H,5,16H2,1-4H3. The van der Waals surface area contributed by atoms with E-state index in [1.807, 2.05) is 20.2 Å². The lowest BCUT2D eigenvalue weighted by atomic mass is 9.84. The van der Waals surface area contributed by atoms with Crippen LogP contribution in [0.5, 0.6) is 0 Å². The molecule has 0 aliphatic heterocycles. The zero-order valence-electron chi connectivity index (χ0n) is 10.8. The summed E-state index contributed by atoms with van der Waals surface area (Å²) in [5.41, 5.74) is 7.13. The van der Waals surface area contributed by atoms with Gasteiger partial charge >= 0.3 is 0 Å². The van der Waals surface area contributed by atoms with E-state index in [1.54, 1.807) is 12.1 Å². The fourth-order valence-electron chi connectivity index (χ4n) is 1.90. The summed E-state index contributed by atoms with van der Waals surface area (Å²) < 4.78 is 0. The van der Waals surface area contributed by atoms with Gasteiger partial charge in [-0.05, 0) is 51.2 Å². The fourth-order valence-corrected chi connectivity index (χ4v) is 2.32. The molecule has 2 N–H and O–H groups in total. The number of nitrogens with zero attached hydrogens (tertiary/aromatic N) is 1. The third-order valence-corrected chi connectivity index (χ3v) is 4.28. The molecule has 2 atom stereocenters. The summed E-state index contributed by atoms with van der Waals surface area (Å²) in [5.74, 6) is 0. The molecule has 0 bridgehead atoms. The second-order valence-corrected chi connectivity index (χ2v) is 5.59. The number of halogens is 2. The van der Waals surface area contributed by atoms with Gasteiger partial charge in [0.05, 0.1) is 0 Å². The molecule has 1 aromatic rings. The van der Waals surface area contributed by atoms with E-state index in [9.17, 15) is 0 Å². The maximum atomic E-state index is 6.37. The van der Waals surface area contributed by atoms with Crippen LogP contribution in [0.15, 0.2) is 18.2 Å². The summed E-state index contributed by atoms with van der Waals surface area (Å²) in [6.45, 7) is 4.26. The Bertz CT molecular complexity index is 393. The highest BCUT2D eigenvalue weighted by Gasteiger charge is 2.34. The molecule has 0 saturated heterocycles. The van der Waals surface area contributed by atoms with Crippen molar-refractivity contribution in [3.8, 4) is 0 Å². The van der Waals surface area contributed by atoms with E-state index in [-0.39, 0.29) is 11.6 Å². The number of hydrogen-bond acceptors (Lipinski definition) is 2. The lowest BCUT2D eigenvalue weighted by Crippen LogP contribution is -2.49. The Morgan fingerprint density at radius 2 is 1.94 bits per heavy atom. The largest absolute Gasteiger partial charge is 0.322 e. The molecule has 0 heterocycles. The highest BCUT2D eigenvalue weighted by atomic mass is 35.5. The van der Waals surface area contributed by atoms with Crippen molar-refractivity contribution >= 4 is 23.2 Å². The number of rotatable bonds is 4. The third kappa shape index (κ3) is 2.94. The Morgan fingerprint density at radius 1 is 1.35 bits per heavy atom. The molecule has 1 rings (SSSR count). The van der Waals surface area contributed by atoms with Crippen molar-refractivity contribution in [1.29, 1.82) is 0 Å².